The van der Waals surface area contributed by atoms with E-state index in [9.17, 15) is 0 Å². The molecule has 1 aliphatic heterocycles. The number of aromatic nitrogens is 1. The molecule has 0 saturated heterocycles. The van der Waals surface area contributed by atoms with E-state index in [1.54, 1.807) is 6.26 Å². The lowest BCUT2D eigenvalue weighted by Crippen LogP contribution is -2.32. The minimum atomic E-state index is 0.273. The molecule has 0 spiro atoms. The number of hydrogen-bond acceptors (Lipinski definition) is 2. The number of nitrogens with zero attached hydrogens (tertiary/aromatic N) is 1. The van der Waals surface area contributed by atoms with Crippen molar-refractivity contribution in [2.75, 3.05) is 13.6 Å². The molecule has 19 heavy (non-hydrogen) atoms. The molecule has 4 rings (SSSR count). The molecule has 0 bridgehead atoms. The Bertz CT molecular complexity index is 712. The van der Waals surface area contributed by atoms with Crippen molar-refractivity contribution >= 4 is 10.9 Å². The van der Waals surface area contributed by atoms with E-state index in [-0.39, 0.29) is 6.04 Å². The van der Waals surface area contributed by atoms with Crippen LogP contribution in [0.25, 0.3) is 10.9 Å². The summed E-state index contributed by atoms with van der Waals surface area (Å²) in [6.45, 7) is 1.07. The second kappa shape index (κ2) is 4.00. The molecular weight excluding hydrogens is 236 g/mol. The maximum Gasteiger partial charge on any atom is 0.0954 e. The minimum Gasteiger partial charge on any atom is -0.472 e. The zero-order chi connectivity index (χ0) is 12.8. The van der Waals surface area contributed by atoms with Gasteiger partial charge < -0.3 is 9.40 Å². The third-order valence-corrected chi connectivity index (χ3v) is 4.13. The molecule has 0 fully saturated rings. The van der Waals surface area contributed by atoms with Crippen molar-refractivity contribution in [2.24, 2.45) is 0 Å². The number of fused-ring (bicyclic) bond motifs is 3. The highest BCUT2D eigenvalue weighted by atomic mass is 16.3. The molecule has 1 aliphatic rings. The number of H-pyrrole nitrogens is 1. The third-order valence-electron chi connectivity index (χ3n) is 4.13. The van der Waals surface area contributed by atoms with Gasteiger partial charge in [0.1, 0.15) is 0 Å². The fourth-order valence-corrected chi connectivity index (χ4v) is 3.21. The molecule has 3 heterocycles. The van der Waals surface area contributed by atoms with Crippen molar-refractivity contribution in [3.8, 4) is 0 Å². The van der Waals surface area contributed by atoms with Gasteiger partial charge in [0.2, 0.25) is 0 Å². The summed E-state index contributed by atoms with van der Waals surface area (Å²) in [6, 6.07) is 10.9. The van der Waals surface area contributed by atoms with E-state index in [1.807, 2.05) is 6.26 Å². The Labute approximate surface area is 111 Å². The van der Waals surface area contributed by atoms with Gasteiger partial charge in [-0.3, -0.25) is 4.90 Å². The Balaban J connectivity index is 1.95. The van der Waals surface area contributed by atoms with E-state index < -0.39 is 0 Å². The van der Waals surface area contributed by atoms with Crippen LogP contribution in [0.3, 0.4) is 0 Å². The van der Waals surface area contributed by atoms with E-state index in [2.05, 4.69) is 47.3 Å². The third kappa shape index (κ3) is 1.55. The molecular formula is C16H16N2O. The zero-order valence-electron chi connectivity index (χ0n) is 10.9. The van der Waals surface area contributed by atoms with Gasteiger partial charge in [-0.2, -0.15) is 0 Å². The SMILES string of the molecule is CN1CCc2c([nH]c3ccccc23)C1c1ccoc1. The Morgan fingerprint density at radius 1 is 1.26 bits per heavy atom. The van der Waals surface area contributed by atoms with Crippen LogP contribution < -0.4 is 0 Å². The maximum atomic E-state index is 5.26. The van der Waals surface area contributed by atoms with Gasteiger partial charge in [-0.25, -0.2) is 0 Å². The van der Waals surface area contributed by atoms with Gasteiger partial charge in [0.05, 0.1) is 18.6 Å². The Morgan fingerprint density at radius 3 is 3.00 bits per heavy atom. The number of rotatable bonds is 1. The van der Waals surface area contributed by atoms with Crippen LogP contribution in [-0.4, -0.2) is 23.5 Å². The largest absolute Gasteiger partial charge is 0.472 e. The monoisotopic (exact) mass is 252 g/mol. The lowest BCUT2D eigenvalue weighted by molar-refractivity contribution is 0.260. The molecule has 2 aromatic heterocycles. The van der Waals surface area contributed by atoms with Crippen molar-refractivity contribution in [2.45, 2.75) is 12.5 Å². The van der Waals surface area contributed by atoms with E-state index in [0.29, 0.717) is 0 Å². The molecule has 1 N–H and O–H groups in total. The fourth-order valence-electron chi connectivity index (χ4n) is 3.21. The fraction of sp³-hybridized carbons (Fsp3) is 0.250. The zero-order valence-corrected chi connectivity index (χ0v) is 10.9. The van der Waals surface area contributed by atoms with Crippen molar-refractivity contribution in [3.05, 3.63) is 59.7 Å². The molecule has 1 atom stereocenters. The number of benzene rings is 1. The molecule has 3 nitrogen and oxygen atoms in total. The Kier molecular flexibility index (Phi) is 2.29. The normalized spacial score (nSPS) is 19.7. The molecule has 96 valence electrons. The predicted molar refractivity (Wildman–Crippen MR) is 75.2 cm³/mol. The maximum absolute atomic E-state index is 5.26. The van der Waals surface area contributed by atoms with E-state index in [1.165, 1.54) is 27.7 Å². The van der Waals surface area contributed by atoms with Crippen LogP contribution in [0.4, 0.5) is 0 Å². The number of hydrogen-bond donors (Lipinski definition) is 1. The van der Waals surface area contributed by atoms with Gasteiger partial charge in [-0.1, -0.05) is 18.2 Å². The highest BCUT2D eigenvalue weighted by molar-refractivity contribution is 5.85. The second-order valence-corrected chi connectivity index (χ2v) is 5.25. The summed E-state index contributed by atoms with van der Waals surface area (Å²) >= 11 is 0. The highest BCUT2D eigenvalue weighted by Gasteiger charge is 2.29. The van der Waals surface area contributed by atoms with Crippen molar-refractivity contribution in [1.29, 1.82) is 0 Å². The van der Waals surface area contributed by atoms with Gasteiger partial charge in [0.15, 0.2) is 0 Å². The summed E-state index contributed by atoms with van der Waals surface area (Å²) in [5.41, 5.74) is 5.22. The number of para-hydroxylation sites is 1. The smallest absolute Gasteiger partial charge is 0.0954 e. The van der Waals surface area contributed by atoms with Gasteiger partial charge >= 0.3 is 0 Å². The number of aromatic amines is 1. The highest BCUT2D eigenvalue weighted by Crippen LogP contribution is 2.37. The van der Waals surface area contributed by atoms with Crippen molar-refractivity contribution < 1.29 is 4.42 Å². The molecule has 3 aromatic rings. The standard InChI is InChI=1S/C16H16N2O/c1-18-8-6-13-12-4-2-3-5-14(12)17-15(13)16(18)11-7-9-19-10-11/h2-5,7,9-10,16-17H,6,8H2,1H3. The van der Waals surface area contributed by atoms with Crippen molar-refractivity contribution in [3.63, 3.8) is 0 Å². The Hall–Kier alpha value is -2.00. The topological polar surface area (TPSA) is 32.2 Å². The molecule has 0 amide bonds. The summed E-state index contributed by atoms with van der Waals surface area (Å²) in [5.74, 6) is 0. The summed E-state index contributed by atoms with van der Waals surface area (Å²) in [5, 5.41) is 1.36. The van der Waals surface area contributed by atoms with E-state index >= 15 is 0 Å². The average molecular weight is 252 g/mol. The minimum absolute atomic E-state index is 0.273. The molecule has 0 saturated carbocycles. The lowest BCUT2D eigenvalue weighted by Gasteiger charge is -2.32. The van der Waals surface area contributed by atoms with E-state index in [4.69, 9.17) is 4.42 Å². The lowest BCUT2D eigenvalue weighted by atomic mass is 9.94. The van der Waals surface area contributed by atoms with Gasteiger partial charge in [0, 0.05) is 28.7 Å². The van der Waals surface area contributed by atoms with Gasteiger partial charge in [0.25, 0.3) is 0 Å². The molecule has 3 heteroatoms. The molecule has 0 radical (unpaired) electrons. The van der Waals surface area contributed by atoms with Crippen LogP contribution in [-0.2, 0) is 6.42 Å². The summed E-state index contributed by atoms with van der Waals surface area (Å²) in [6.07, 6.45) is 4.70. The second-order valence-electron chi connectivity index (χ2n) is 5.25. The first-order valence-corrected chi connectivity index (χ1v) is 6.66. The number of nitrogens with one attached hydrogen (secondary N) is 1. The quantitative estimate of drug-likeness (QED) is 0.720. The average Bonchev–Trinajstić information content (AvgIpc) is 3.05. The predicted octanol–water partition coefficient (Wildman–Crippen LogP) is 3.34. The summed E-state index contributed by atoms with van der Waals surface area (Å²) in [7, 11) is 2.17. The van der Waals surface area contributed by atoms with Gasteiger partial charge in [-0.05, 0) is 31.2 Å². The van der Waals surface area contributed by atoms with Crippen molar-refractivity contribution in [1.82, 2.24) is 9.88 Å². The summed E-state index contributed by atoms with van der Waals surface area (Å²) < 4.78 is 5.26. The van der Waals surface area contributed by atoms with Crippen LogP contribution in [0.15, 0.2) is 47.3 Å². The number of likely N-dealkylation sites (N-methyl/N-ethyl adjacent to an activating group) is 1. The van der Waals surface area contributed by atoms with Crippen LogP contribution in [0.5, 0.6) is 0 Å². The molecule has 0 aliphatic carbocycles. The molecule has 1 unspecified atom stereocenters. The van der Waals surface area contributed by atoms with Gasteiger partial charge in [-0.15, -0.1) is 0 Å². The first-order chi connectivity index (χ1) is 9.34. The first kappa shape index (κ1) is 10.9. The van der Waals surface area contributed by atoms with Crippen LogP contribution in [0.1, 0.15) is 22.9 Å². The first-order valence-electron chi connectivity index (χ1n) is 6.66. The summed E-state index contributed by atoms with van der Waals surface area (Å²) in [4.78, 5) is 5.98. The molecule has 1 aromatic carbocycles. The number of furan rings is 1. The Morgan fingerprint density at radius 2 is 2.16 bits per heavy atom. The van der Waals surface area contributed by atoms with Crippen LogP contribution in [0, 0.1) is 0 Å². The van der Waals surface area contributed by atoms with E-state index in [0.717, 1.165) is 13.0 Å². The van der Waals surface area contributed by atoms with Crippen LogP contribution >= 0.6 is 0 Å². The van der Waals surface area contributed by atoms with Crippen LogP contribution in [0.2, 0.25) is 0 Å².